The zero-order valence-corrected chi connectivity index (χ0v) is 13.1. The molecule has 0 amide bonds. The molecule has 0 radical (unpaired) electrons. The van der Waals surface area contributed by atoms with Gasteiger partial charge in [0.25, 0.3) is 5.56 Å². The molecular weight excluding hydrogens is 343 g/mol. The van der Waals surface area contributed by atoms with Crippen molar-refractivity contribution in [1.82, 2.24) is 9.55 Å². The Morgan fingerprint density at radius 2 is 1.79 bits per heavy atom. The lowest BCUT2D eigenvalue weighted by molar-refractivity contribution is 0.579. The van der Waals surface area contributed by atoms with Crippen LogP contribution in [0.5, 0.6) is 0 Å². The summed E-state index contributed by atoms with van der Waals surface area (Å²) in [6.07, 6.45) is 0. The minimum atomic E-state index is -0.877. The van der Waals surface area contributed by atoms with Crippen LogP contribution in [0.2, 0.25) is 5.02 Å². The highest BCUT2D eigenvalue weighted by molar-refractivity contribution is 6.35. The summed E-state index contributed by atoms with van der Waals surface area (Å²) >= 11 is 5.88. The standard InChI is InChI=1S/C16H11ClF3N3O/c1-7(21)15-22-12-3-2-11(20)14(17)13(12)16(24)23(15)10-5-8(18)4-9(19)6-10/h2-7H,21H2,1H3. The lowest BCUT2D eigenvalue weighted by atomic mass is 10.2. The predicted octanol–water partition coefficient (Wildman–Crippen LogP) is 3.48. The first-order chi connectivity index (χ1) is 11.3. The number of rotatable bonds is 2. The minimum absolute atomic E-state index is 0.0696. The fourth-order valence-corrected chi connectivity index (χ4v) is 2.69. The van der Waals surface area contributed by atoms with E-state index in [1.165, 1.54) is 6.07 Å². The molecule has 2 N–H and O–H groups in total. The molecule has 2 aromatic carbocycles. The Hall–Kier alpha value is -2.38. The highest BCUT2D eigenvalue weighted by Gasteiger charge is 2.19. The van der Waals surface area contributed by atoms with Gasteiger partial charge in [0.15, 0.2) is 0 Å². The average Bonchev–Trinajstić information content (AvgIpc) is 2.49. The van der Waals surface area contributed by atoms with Crippen LogP contribution in [0.1, 0.15) is 18.8 Å². The summed E-state index contributed by atoms with van der Waals surface area (Å²) in [7, 11) is 0. The monoisotopic (exact) mass is 353 g/mol. The zero-order valence-electron chi connectivity index (χ0n) is 12.4. The highest BCUT2D eigenvalue weighted by atomic mass is 35.5. The Labute approximate surface area is 139 Å². The van der Waals surface area contributed by atoms with Gasteiger partial charge in [0.1, 0.15) is 23.3 Å². The fourth-order valence-electron chi connectivity index (χ4n) is 2.45. The average molecular weight is 354 g/mol. The van der Waals surface area contributed by atoms with Crippen molar-refractivity contribution in [1.29, 1.82) is 0 Å². The molecule has 3 rings (SSSR count). The van der Waals surface area contributed by atoms with Gasteiger partial charge in [0.2, 0.25) is 0 Å². The van der Waals surface area contributed by atoms with Gasteiger partial charge in [-0.2, -0.15) is 0 Å². The van der Waals surface area contributed by atoms with Crippen molar-refractivity contribution < 1.29 is 13.2 Å². The Morgan fingerprint density at radius 1 is 1.17 bits per heavy atom. The summed E-state index contributed by atoms with van der Waals surface area (Å²) in [5, 5.41) is -0.599. The number of fused-ring (bicyclic) bond motifs is 1. The molecular formula is C16H11ClF3N3O. The highest BCUT2D eigenvalue weighted by Crippen LogP contribution is 2.25. The van der Waals surface area contributed by atoms with Gasteiger partial charge in [-0.3, -0.25) is 9.36 Å². The van der Waals surface area contributed by atoms with E-state index in [2.05, 4.69) is 4.98 Å². The molecule has 3 aromatic rings. The van der Waals surface area contributed by atoms with Gasteiger partial charge >= 0.3 is 0 Å². The van der Waals surface area contributed by atoms with Crippen LogP contribution in [-0.4, -0.2) is 9.55 Å². The van der Waals surface area contributed by atoms with Gasteiger partial charge in [-0.1, -0.05) is 11.6 Å². The van der Waals surface area contributed by atoms with E-state index in [9.17, 15) is 18.0 Å². The molecule has 0 aliphatic carbocycles. The molecule has 4 nitrogen and oxygen atoms in total. The molecule has 1 heterocycles. The number of hydrogen-bond donors (Lipinski definition) is 1. The summed E-state index contributed by atoms with van der Waals surface area (Å²) in [4.78, 5) is 17.0. The molecule has 0 fully saturated rings. The lowest BCUT2D eigenvalue weighted by Crippen LogP contribution is -2.28. The second-order valence-electron chi connectivity index (χ2n) is 5.28. The molecule has 0 saturated carbocycles. The maximum Gasteiger partial charge on any atom is 0.267 e. The third-order valence-corrected chi connectivity index (χ3v) is 3.84. The van der Waals surface area contributed by atoms with Crippen LogP contribution in [0.4, 0.5) is 13.2 Å². The van der Waals surface area contributed by atoms with Gasteiger partial charge in [-0.15, -0.1) is 0 Å². The maximum absolute atomic E-state index is 13.7. The Balaban J connectivity index is 2.49. The van der Waals surface area contributed by atoms with E-state index in [4.69, 9.17) is 17.3 Å². The van der Waals surface area contributed by atoms with Crippen LogP contribution in [0.15, 0.2) is 35.1 Å². The molecule has 0 bridgehead atoms. The second kappa shape index (κ2) is 5.92. The minimum Gasteiger partial charge on any atom is -0.322 e. The number of benzene rings is 2. The number of nitrogens with two attached hydrogens (primary N) is 1. The van der Waals surface area contributed by atoms with Crippen LogP contribution in [-0.2, 0) is 0 Å². The normalized spacial score (nSPS) is 12.6. The molecule has 1 atom stereocenters. The van der Waals surface area contributed by atoms with E-state index in [1.54, 1.807) is 6.92 Å². The molecule has 1 unspecified atom stereocenters. The summed E-state index contributed by atoms with van der Waals surface area (Å²) in [6, 6.07) is 4.22. The topological polar surface area (TPSA) is 60.9 Å². The van der Waals surface area contributed by atoms with Crippen molar-refractivity contribution in [2.24, 2.45) is 5.73 Å². The summed E-state index contributed by atoms with van der Waals surface area (Å²) in [6.45, 7) is 1.56. The van der Waals surface area contributed by atoms with Crippen LogP contribution >= 0.6 is 11.6 Å². The molecule has 24 heavy (non-hydrogen) atoms. The number of aromatic nitrogens is 2. The van der Waals surface area contributed by atoms with Crippen molar-refractivity contribution >= 4 is 22.5 Å². The summed E-state index contributed by atoms with van der Waals surface area (Å²) in [5.41, 5.74) is 5.11. The van der Waals surface area contributed by atoms with Crippen LogP contribution in [0.3, 0.4) is 0 Å². The van der Waals surface area contributed by atoms with E-state index in [1.807, 2.05) is 0 Å². The van der Waals surface area contributed by atoms with Crippen molar-refractivity contribution in [2.75, 3.05) is 0 Å². The Bertz CT molecular complexity index is 997. The van der Waals surface area contributed by atoms with E-state index in [0.29, 0.717) is 6.07 Å². The molecule has 124 valence electrons. The van der Waals surface area contributed by atoms with Gasteiger partial charge in [-0.25, -0.2) is 18.2 Å². The number of halogens is 4. The first-order valence-electron chi connectivity index (χ1n) is 6.92. The second-order valence-corrected chi connectivity index (χ2v) is 5.66. The summed E-state index contributed by atoms with van der Waals surface area (Å²) < 4.78 is 41.7. The quantitative estimate of drug-likeness (QED) is 0.767. The molecule has 0 saturated heterocycles. The van der Waals surface area contributed by atoms with Crippen molar-refractivity contribution in [3.63, 3.8) is 0 Å². The van der Waals surface area contributed by atoms with Gasteiger partial charge < -0.3 is 5.73 Å². The van der Waals surface area contributed by atoms with Crippen LogP contribution < -0.4 is 11.3 Å². The first kappa shape index (κ1) is 16.5. The van der Waals surface area contributed by atoms with Crippen molar-refractivity contribution in [2.45, 2.75) is 13.0 Å². The van der Waals surface area contributed by atoms with E-state index in [0.717, 1.165) is 22.8 Å². The van der Waals surface area contributed by atoms with Crippen LogP contribution in [0.25, 0.3) is 16.6 Å². The molecule has 8 heteroatoms. The summed E-state index contributed by atoms with van der Waals surface area (Å²) in [5.74, 6) is -2.48. The molecule has 0 spiro atoms. The third-order valence-electron chi connectivity index (χ3n) is 3.47. The van der Waals surface area contributed by atoms with Gasteiger partial charge in [0.05, 0.1) is 27.7 Å². The van der Waals surface area contributed by atoms with Gasteiger partial charge in [-0.05, 0) is 31.2 Å². The van der Waals surface area contributed by atoms with E-state index in [-0.39, 0.29) is 22.4 Å². The van der Waals surface area contributed by atoms with Gasteiger partial charge in [0, 0.05) is 6.07 Å². The van der Waals surface area contributed by atoms with Crippen molar-refractivity contribution in [3.05, 3.63) is 69.0 Å². The molecule has 1 aromatic heterocycles. The third kappa shape index (κ3) is 2.65. The Kier molecular flexibility index (Phi) is 4.06. The van der Waals surface area contributed by atoms with Crippen LogP contribution in [0, 0.1) is 17.5 Å². The zero-order chi connectivity index (χ0) is 17.6. The SMILES string of the molecule is CC(N)c1nc2ccc(F)c(Cl)c2c(=O)n1-c1cc(F)cc(F)c1. The van der Waals surface area contributed by atoms with Crippen molar-refractivity contribution in [3.8, 4) is 5.69 Å². The predicted molar refractivity (Wildman–Crippen MR) is 84.8 cm³/mol. The largest absolute Gasteiger partial charge is 0.322 e. The van der Waals surface area contributed by atoms with E-state index >= 15 is 0 Å². The number of nitrogens with zero attached hydrogens (tertiary/aromatic N) is 2. The Morgan fingerprint density at radius 3 is 2.38 bits per heavy atom. The van der Waals surface area contributed by atoms with E-state index < -0.39 is 34.1 Å². The fraction of sp³-hybridized carbons (Fsp3) is 0.125. The smallest absolute Gasteiger partial charge is 0.267 e. The number of hydrogen-bond acceptors (Lipinski definition) is 3. The first-order valence-corrected chi connectivity index (χ1v) is 7.30. The lowest BCUT2D eigenvalue weighted by Gasteiger charge is -2.16. The molecule has 0 aliphatic rings. The maximum atomic E-state index is 13.7. The molecule has 0 aliphatic heterocycles.